The van der Waals surface area contributed by atoms with Gasteiger partial charge in [0.15, 0.2) is 16.6 Å². The first kappa shape index (κ1) is 15.6. The van der Waals surface area contributed by atoms with Crippen molar-refractivity contribution >= 4 is 22.4 Å². The lowest BCUT2D eigenvalue weighted by atomic mass is 10.2. The molecule has 3 heterocycles. The van der Waals surface area contributed by atoms with Gasteiger partial charge in [-0.05, 0) is 30.3 Å². The molecular weight excluding hydrogens is 338 g/mol. The van der Waals surface area contributed by atoms with Crippen molar-refractivity contribution in [3.05, 3.63) is 53.7 Å². The minimum Gasteiger partial charge on any atom is -0.490 e. The molecule has 1 aliphatic heterocycles. The fraction of sp³-hybridized carbons (Fsp3) is 0.167. The summed E-state index contributed by atoms with van der Waals surface area (Å²) >= 11 is 1.37. The minimum atomic E-state index is -0.234. The zero-order valence-electron chi connectivity index (χ0n) is 13.3. The van der Waals surface area contributed by atoms with Crippen molar-refractivity contribution in [3.8, 4) is 22.8 Å². The third-order valence-electron chi connectivity index (χ3n) is 3.69. The minimum absolute atomic E-state index is 0.234. The van der Waals surface area contributed by atoms with Gasteiger partial charge < -0.3 is 9.47 Å². The SMILES string of the molecule is O=C(Nc1nc(-c2cccnc2)cs1)c1ccc2c(c1)OCCCO2. The molecule has 6 nitrogen and oxygen atoms in total. The zero-order valence-corrected chi connectivity index (χ0v) is 14.1. The average Bonchev–Trinajstić information content (AvgIpc) is 2.98. The number of anilines is 1. The highest BCUT2D eigenvalue weighted by atomic mass is 32.1. The number of ether oxygens (including phenoxy) is 2. The van der Waals surface area contributed by atoms with Gasteiger partial charge in [-0.15, -0.1) is 11.3 Å². The number of rotatable bonds is 3. The van der Waals surface area contributed by atoms with Gasteiger partial charge in [0.2, 0.25) is 0 Å². The number of thiazole rings is 1. The molecule has 0 saturated heterocycles. The molecule has 0 spiro atoms. The molecule has 0 unspecified atom stereocenters. The van der Waals surface area contributed by atoms with Gasteiger partial charge >= 0.3 is 0 Å². The van der Waals surface area contributed by atoms with Crippen molar-refractivity contribution in [3.63, 3.8) is 0 Å². The number of aromatic nitrogens is 2. The van der Waals surface area contributed by atoms with Crippen LogP contribution in [-0.2, 0) is 0 Å². The van der Waals surface area contributed by atoms with E-state index in [0.29, 0.717) is 35.4 Å². The van der Waals surface area contributed by atoms with Gasteiger partial charge in [0.05, 0.1) is 18.9 Å². The fourth-order valence-corrected chi connectivity index (χ4v) is 3.17. The van der Waals surface area contributed by atoms with Crippen LogP contribution in [0.3, 0.4) is 0 Å². The quantitative estimate of drug-likeness (QED) is 0.778. The van der Waals surface area contributed by atoms with E-state index in [-0.39, 0.29) is 5.91 Å². The summed E-state index contributed by atoms with van der Waals surface area (Å²) in [4.78, 5) is 21.0. The molecule has 1 amide bonds. The van der Waals surface area contributed by atoms with Crippen LogP contribution in [0.15, 0.2) is 48.1 Å². The van der Waals surface area contributed by atoms with Crippen molar-refractivity contribution in [1.29, 1.82) is 0 Å². The summed E-state index contributed by atoms with van der Waals surface area (Å²) in [6, 6.07) is 8.96. The summed E-state index contributed by atoms with van der Waals surface area (Å²) in [5.74, 6) is 1.03. The van der Waals surface area contributed by atoms with Crippen LogP contribution in [0.4, 0.5) is 5.13 Å². The van der Waals surface area contributed by atoms with E-state index in [0.717, 1.165) is 17.7 Å². The Morgan fingerprint density at radius 3 is 2.88 bits per heavy atom. The van der Waals surface area contributed by atoms with Gasteiger partial charge in [-0.3, -0.25) is 15.1 Å². The van der Waals surface area contributed by atoms with Crippen LogP contribution in [0.25, 0.3) is 11.3 Å². The molecule has 0 radical (unpaired) electrons. The van der Waals surface area contributed by atoms with Crippen molar-refractivity contribution in [2.24, 2.45) is 0 Å². The van der Waals surface area contributed by atoms with Gasteiger partial charge in [0.1, 0.15) is 0 Å². The molecule has 0 fully saturated rings. The van der Waals surface area contributed by atoms with E-state index < -0.39 is 0 Å². The van der Waals surface area contributed by atoms with Crippen LogP contribution < -0.4 is 14.8 Å². The Hall–Kier alpha value is -2.93. The van der Waals surface area contributed by atoms with Crippen molar-refractivity contribution in [1.82, 2.24) is 9.97 Å². The third kappa shape index (κ3) is 3.46. The topological polar surface area (TPSA) is 73.3 Å². The van der Waals surface area contributed by atoms with Crippen molar-refractivity contribution in [2.45, 2.75) is 6.42 Å². The van der Waals surface area contributed by atoms with Crippen LogP contribution >= 0.6 is 11.3 Å². The highest BCUT2D eigenvalue weighted by molar-refractivity contribution is 7.14. The Kier molecular flexibility index (Phi) is 4.30. The maximum Gasteiger partial charge on any atom is 0.257 e. The maximum atomic E-state index is 12.5. The molecule has 126 valence electrons. The smallest absolute Gasteiger partial charge is 0.257 e. The Balaban J connectivity index is 1.51. The van der Waals surface area contributed by atoms with Crippen LogP contribution in [-0.4, -0.2) is 29.1 Å². The molecular formula is C18H15N3O3S. The molecule has 3 aromatic rings. The van der Waals surface area contributed by atoms with E-state index in [4.69, 9.17) is 9.47 Å². The van der Waals surface area contributed by atoms with E-state index >= 15 is 0 Å². The molecule has 0 aliphatic carbocycles. The summed E-state index contributed by atoms with van der Waals surface area (Å²) in [7, 11) is 0. The molecule has 4 rings (SSSR count). The largest absolute Gasteiger partial charge is 0.490 e. The first-order valence-electron chi connectivity index (χ1n) is 7.86. The number of pyridine rings is 1. The van der Waals surface area contributed by atoms with Gasteiger partial charge in [-0.1, -0.05) is 0 Å². The van der Waals surface area contributed by atoms with Crippen molar-refractivity contribution < 1.29 is 14.3 Å². The summed E-state index contributed by atoms with van der Waals surface area (Å²) in [5.41, 5.74) is 2.20. The molecule has 0 saturated carbocycles. The first-order chi connectivity index (χ1) is 12.3. The maximum absolute atomic E-state index is 12.5. The number of hydrogen-bond donors (Lipinski definition) is 1. The first-order valence-corrected chi connectivity index (χ1v) is 8.74. The molecule has 0 atom stereocenters. The summed E-state index contributed by atoms with van der Waals surface area (Å²) < 4.78 is 11.2. The fourth-order valence-electron chi connectivity index (χ4n) is 2.45. The number of nitrogens with one attached hydrogen (secondary N) is 1. The van der Waals surface area contributed by atoms with Gasteiger partial charge in [0.25, 0.3) is 5.91 Å². The molecule has 1 aliphatic rings. The van der Waals surface area contributed by atoms with E-state index in [9.17, 15) is 4.79 Å². The predicted octanol–water partition coefficient (Wildman–Crippen LogP) is 3.62. The Morgan fingerprint density at radius 2 is 2.04 bits per heavy atom. The predicted molar refractivity (Wildman–Crippen MR) is 95.3 cm³/mol. The zero-order chi connectivity index (χ0) is 17.1. The van der Waals surface area contributed by atoms with Gasteiger partial charge in [-0.25, -0.2) is 4.98 Å². The lowest BCUT2D eigenvalue weighted by Crippen LogP contribution is -2.12. The number of nitrogens with zero attached hydrogens (tertiary/aromatic N) is 2. The normalized spacial score (nSPS) is 13.1. The van der Waals surface area contributed by atoms with Gasteiger partial charge in [0, 0.05) is 35.3 Å². The standard InChI is InChI=1S/C18H15N3O3S/c22-17(12-4-5-15-16(9-12)24-8-2-7-23-15)21-18-20-14(11-25-18)13-3-1-6-19-10-13/h1,3-6,9-11H,2,7-8H2,(H,20,21,22). The summed E-state index contributed by atoms with van der Waals surface area (Å²) in [6.07, 6.45) is 4.28. The second-order valence-electron chi connectivity index (χ2n) is 5.45. The van der Waals surface area contributed by atoms with Gasteiger partial charge in [-0.2, -0.15) is 0 Å². The molecule has 1 aromatic carbocycles. The van der Waals surface area contributed by atoms with E-state index in [1.807, 2.05) is 17.5 Å². The number of benzene rings is 1. The average molecular weight is 353 g/mol. The molecule has 0 bridgehead atoms. The third-order valence-corrected chi connectivity index (χ3v) is 4.45. The molecule has 1 N–H and O–H groups in total. The number of carbonyl (C=O) groups excluding carboxylic acids is 1. The number of fused-ring (bicyclic) bond motifs is 1. The van der Waals surface area contributed by atoms with E-state index in [1.54, 1.807) is 30.6 Å². The monoisotopic (exact) mass is 353 g/mol. The van der Waals surface area contributed by atoms with Crippen LogP contribution in [0.2, 0.25) is 0 Å². The molecule has 25 heavy (non-hydrogen) atoms. The number of hydrogen-bond acceptors (Lipinski definition) is 6. The second-order valence-corrected chi connectivity index (χ2v) is 6.30. The molecule has 2 aromatic heterocycles. The Morgan fingerprint density at radius 1 is 1.16 bits per heavy atom. The lowest BCUT2D eigenvalue weighted by molar-refractivity contribution is 0.102. The Bertz CT molecular complexity index is 896. The number of amides is 1. The Labute approximate surface area is 148 Å². The van der Waals surface area contributed by atoms with E-state index in [2.05, 4.69) is 15.3 Å². The van der Waals surface area contributed by atoms with Crippen LogP contribution in [0.5, 0.6) is 11.5 Å². The second kappa shape index (κ2) is 6.90. The lowest BCUT2D eigenvalue weighted by Gasteiger charge is -2.09. The van der Waals surface area contributed by atoms with Crippen LogP contribution in [0, 0.1) is 0 Å². The summed E-state index contributed by atoms with van der Waals surface area (Å²) in [6.45, 7) is 1.20. The van der Waals surface area contributed by atoms with Crippen LogP contribution in [0.1, 0.15) is 16.8 Å². The highest BCUT2D eigenvalue weighted by Crippen LogP contribution is 2.31. The van der Waals surface area contributed by atoms with E-state index in [1.165, 1.54) is 11.3 Å². The summed E-state index contributed by atoms with van der Waals surface area (Å²) in [5, 5.41) is 5.25. The van der Waals surface area contributed by atoms with Crippen molar-refractivity contribution in [2.75, 3.05) is 18.5 Å². The molecule has 7 heteroatoms. The number of carbonyl (C=O) groups is 1. The highest BCUT2D eigenvalue weighted by Gasteiger charge is 2.15.